The van der Waals surface area contributed by atoms with Crippen LogP contribution in [0.15, 0.2) is 24.3 Å². The van der Waals surface area contributed by atoms with Crippen LogP contribution in [0.4, 0.5) is 0 Å². The van der Waals surface area contributed by atoms with Crippen LogP contribution in [0.1, 0.15) is 37.7 Å². The van der Waals surface area contributed by atoms with Gasteiger partial charge in [-0.2, -0.15) is 0 Å². The fourth-order valence-corrected chi connectivity index (χ4v) is 2.87. The van der Waals surface area contributed by atoms with Gasteiger partial charge < -0.3 is 5.73 Å². The highest BCUT2D eigenvalue weighted by atomic mass is 35.5. The topological polar surface area (TPSA) is 26.0 Å². The Morgan fingerprint density at radius 1 is 1.25 bits per heavy atom. The zero-order chi connectivity index (χ0) is 11.4. The van der Waals surface area contributed by atoms with Crippen molar-refractivity contribution in [2.24, 2.45) is 11.7 Å². The van der Waals surface area contributed by atoms with Crippen molar-refractivity contribution >= 4 is 11.6 Å². The number of hydrogen-bond donors (Lipinski definition) is 1. The number of nitrogens with two attached hydrogens (primary N) is 1. The maximum Gasteiger partial charge on any atom is 0.0437 e. The molecule has 0 spiro atoms. The smallest absolute Gasteiger partial charge is 0.0437 e. The number of benzene rings is 1. The standard InChI is InChI=1S/C14H20ClN/c15-13-8-4-3-5-11(13)9-10-14(16)12-6-1-2-7-12/h3-5,8,12,14H,1-2,6-7,9-10,16H2. The van der Waals surface area contributed by atoms with Gasteiger partial charge >= 0.3 is 0 Å². The molecule has 2 rings (SSSR count). The average molecular weight is 238 g/mol. The molecule has 0 saturated heterocycles. The molecule has 1 fully saturated rings. The van der Waals surface area contributed by atoms with Crippen LogP contribution in [-0.4, -0.2) is 6.04 Å². The van der Waals surface area contributed by atoms with Gasteiger partial charge in [-0.15, -0.1) is 0 Å². The zero-order valence-corrected chi connectivity index (χ0v) is 10.4. The first-order valence-electron chi connectivity index (χ1n) is 6.26. The summed E-state index contributed by atoms with van der Waals surface area (Å²) < 4.78 is 0. The number of aryl methyl sites for hydroxylation is 1. The van der Waals surface area contributed by atoms with E-state index in [-0.39, 0.29) is 0 Å². The van der Waals surface area contributed by atoms with Gasteiger partial charge in [0, 0.05) is 11.1 Å². The normalized spacial score (nSPS) is 18.9. The third-order valence-electron chi connectivity index (χ3n) is 3.71. The highest BCUT2D eigenvalue weighted by Crippen LogP contribution is 2.29. The Bertz CT molecular complexity index is 331. The van der Waals surface area contributed by atoms with Gasteiger partial charge in [0.2, 0.25) is 0 Å². The van der Waals surface area contributed by atoms with Crippen molar-refractivity contribution in [3.05, 3.63) is 34.9 Å². The van der Waals surface area contributed by atoms with Crippen LogP contribution in [0.25, 0.3) is 0 Å². The molecule has 0 amide bonds. The summed E-state index contributed by atoms with van der Waals surface area (Å²) >= 11 is 6.13. The molecule has 0 bridgehead atoms. The van der Waals surface area contributed by atoms with E-state index in [2.05, 4.69) is 6.07 Å². The summed E-state index contributed by atoms with van der Waals surface area (Å²) in [5, 5.41) is 0.876. The lowest BCUT2D eigenvalue weighted by molar-refractivity contribution is 0.410. The van der Waals surface area contributed by atoms with Crippen molar-refractivity contribution in [2.75, 3.05) is 0 Å². The highest BCUT2D eigenvalue weighted by molar-refractivity contribution is 6.31. The maximum atomic E-state index is 6.23. The SMILES string of the molecule is NC(CCc1ccccc1Cl)C1CCCC1. The predicted octanol–water partition coefficient (Wildman–Crippen LogP) is 3.79. The molecule has 1 atom stereocenters. The van der Waals surface area contributed by atoms with Gasteiger partial charge in [0.15, 0.2) is 0 Å². The Morgan fingerprint density at radius 2 is 1.94 bits per heavy atom. The van der Waals surface area contributed by atoms with E-state index in [9.17, 15) is 0 Å². The zero-order valence-electron chi connectivity index (χ0n) is 9.66. The summed E-state index contributed by atoms with van der Waals surface area (Å²) in [7, 11) is 0. The number of halogens is 1. The summed E-state index contributed by atoms with van der Waals surface area (Å²) in [5.74, 6) is 0.752. The van der Waals surface area contributed by atoms with Crippen LogP contribution >= 0.6 is 11.6 Å². The summed E-state index contributed by atoms with van der Waals surface area (Å²) in [4.78, 5) is 0. The van der Waals surface area contributed by atoms with Crippen molar-refractivity contribution in [3.63, 3.8) is 0 Å². The molecule has 1 aliphatic carbocycles. The summed E-state index contributed by atoms with van der Waals surface area (Å²) in [5.41, 5.74) is 7.47. The molecule has 1 aromatic carbocycles. The molecule has 1 nitrogen and oxygen atoms in total. The second kappa shape index (κ2) is 5.70. The second-order valence-electron chi connectivity index (χ2n) is 4.84. The monoisotopic (exact) mass is 237 g/mol. The van der Waals surface area contributed by atoms with Gasteiger partial charge in [-0.3, -0.25) is 0 Å². The number of hydrogen-bond acceptors (Lipinski definition) is 1. The Morgan fingerprint density at radius 3 is 2.62 bits per heavy atom. The molecule has 1 saturated carbocycles. The molecule has 0 radical (unpaired) electrons. The van der Waals surface area contributed by atoms with Gasteiger partial charge in [-0.1, -0.05) is 42.6 Å². The van der Waals surface area contributed by atoms with E-state index < -0.39 is 0 Å². The lowest BCUT2D eigenvalue weighted by Gasteiger charge is -2.18. The minimum atomic E-state index is 0.360. The molecule has 16 heavy (non-hydrogen) atoms. The summed E-state index contributed by atoms with van der Waals surface area (Å²) in [6.07, 6.45) is 7.45. The van der Waals surface area contributed by atoms with Crippen molar-refractivity contribution in [2.45, 2.75) is 44.6 Å². The van der Waals surface area contributed by atoms with Crippen LogP contribution in [0, 0.1) is 5.92 Å². The highest BCUT2D eigenvalue weighted by Gasteiger charge is 2.21. The van der Waals surface area contributed by atoms with Crippen LogP contribution in [-0.2, 0) is 6.42 Å². The van der Waals surface area contributed by atoms with E-state index in [1.54, 1.807) is 0 Å². The largest absolute Gasteiger partial charge is 0.327 e. The van der Waals surface area contributed by atoms with E-state index in [0.717, 1.165) is 23.8 Å². The lowest BCUT2D eigenvalue weighted by atomic mass is 9.93. The minimum Gasteiger partial charge on any atom is -0.327 e. The summed E-state index contributed by atoms with van der Waals surface area (Å²) in [6, 6.07) is 8.44. The molecule has 2 heteroatoms. The molecule has 1 unspecified atom stereocenters. The minimum absolute atomic E-state index is 0.360. The third-order valence-corrected chi connectivity index (χ3v) is 4.08. The van der Waals surface area contributed by atoms with Crippen molar-refractivity contribution < 1.29 is 0 Å². The fraction of sp³-hybridized carbons (Fsp3) is 0.571. The predicted molar refractivity (Wildman–Crippen MR) is 69.7 cm³/mol. The van der Waals surface area contributed by atoms with Crippen molar-refractivity contribution in [3.8, 4) is 0 Å². The molecule has 0 aromatic heterocycles. The molecule has 0 heterocycles. The van der Waals surface area contributed by atoms with Crippen molar-refractivity contribution in [1.82, 2.24) is 0 Å². The van der Waals surface area contributed by atoms with Crippen molar-refractivity contribution in [1.29, 1.82) is 0 Å². The molecule has 88 valence electrons. The van der Waals surface area contributed by atoms with Crippen LogP contribution in [0.5, 0.6) is 0 Å². The second-order valence-corrected chi connectivity index (χ2v) is 5.25. The Balaban J connectivity index is 1.84. The maximum absolute atomic E-state index is 6.23. The molecular formula is C14H20ClN. The Kier molecular flexibility index (Phi) is 4.25. The lowest BCUT2D eigenvalue weighted by Crippen LogP contribution is -2.28. The Hall–Kier alpha value is -0.530. The van der Waals surface area contributed by atoms with Gasteiger partial charge in [0.1, 0.15) is 0 Å². The Labute approximate surface area is 103 Å². The van der Waals surface area contributed by atoms with E-state index >= 15 is 0 Å². The average Bonchev–Trinajstić information content (AvgIpc) is 2.81. The first kappa shape index (κ1) is 11.9. The van der Waals surface area contributed by atoms with E-state index in [1.165, 1.54) is 31.2 Å². The van der Waals surface area contributed by atoms with Crippen LogP contribution < -0.4 is 5.73 Å². The number of rotatable bonds is 4. The van der Waals surface area contributed by atoms with Crippen LogP contribution in [0.2, 0.25) is 5.02 Å². The van der Waals surface area contributed by atoms with E-state index in [0.29, 0.717) is 6.04 Å². The van der Waals surface area contributed by atoms with E-state index in [4.69, 9.17) is 17.3 Å². The quantitative estimate of drug-likeness (QED) is 0.847. The van der Waals surface area contributed by atoms with Gasteiger partial charge in [0.25, 0.3) is 0 Å². The molecule has 1 aromatic rings. The molecular weight excluding hydrogens is 218 g/mol. The first-order valence-corrected chi connectivity index (χ1v) is 6.64. The summed E-state index contributed by atoms with van der Waals surface area (Å²) in [6.45, 7) is 0. The van der Waals surface area contributed by atoms with Gasteiger partial charge in [-0.25, -0.2) is 0 Å². The van der Waals surface area contributed by atoms with E-state index in [1.807, 2.05) is 18.2 Å². The molecule has 0 aliphatic heterocycles. The fourth-order valence-electron chi connectivity index (χ4n) is 2.64. The molecule has 1 aliphatic rings. The first-order chi connectivity index (χ1) is 7.77. The van der Waals surface area contributed by atoms with Gasteiger partial charge in [-0.05, 0) is 43.2 Å². The van der Waals surface area contributed by atoms with Gasteiger partial charge in [0.05, 0.1) is 0 Å². The van der Waals surface area contributed by atoms with Crippen LogP contribution in [0.3, 0.4) is 0 Å². The molecule has 2 N–H and O–H groups in total. The third kappa shape index (κ3) is 2.99.